The van der Waals surface area contributed by atoms with Gasteiger partial charge in [-0.25, -0.2) is 4.39 Å². The van der Waals surface area contributed by atoms with Crippen LogP contribution < -0.4 is 10.6 Å². The van der Waals surface area contributed by atoms with E-state index in [1.165, 1.54) is 18.9 Å². The van der Waals surface area contributed by atoms with Gasteiger partial charge in [-0.05, 0) is 44.4 Å². The van der Waals surface area contributed by atoms with Crippen LogP contribution in [0, 0.1) is 12.7 Å². The van der Waals surface area contributed by atoms with Crippen molar-refractivity contribution in [3.8, 4) is 0 Å². The summed E-state index contributed by atoms with van der Waals surface area (Å²) in [6, 6.07) is 5.24. The Morgan fingerprint density at radius 2 is 2.32 bits per heavy atom. The first-order valence-corrected chi connectivity index (χ1v) is 6.95. The highest BCUT2D eigenvalue weighted by molar-refractivity contribution is 5.91. The molecule has 1 unspecified atom stereocenters. The van der Waals surface area contributed by atoms with Crippen LogP contribution in [-0.4, -0.2) is 18.5 Å². The molecule has 3 nitrogen and oxygen atoms in total. The van der Waals surface area contributed by atoms with Crippen LogP contribution in [0.25, 0.3) is 0 Å². The van der Waals surface area contributed by atoms with Gasteiger partial charge in [0.2, 0.25) is 5.91 Å². The number of amides is 1. The summed E-state index contributed by atoms with van der Waals surface area (Å²) in [7, 11) is 0. The highest BCUT2D eigenvalue weighted by atomic mass is 19.1. The molecule has 1 aromatic carbocycles. The SMILES string of the molecule is Cc1cccc(F)c1NC(=O)CCC1CCCCN1. The number of hydrogen-bond donors (Lipinski definition) is 2. The Balaban J connectivity index is 1.83. The van der Waals surface area contributed by atoms with E-state index in [0.29, 0.717) is 18.2 Å². The van der Waals surface area contributed by atoms with E-state index in [1.54, 1.807) is 19.1 Å². The molecule has 1 aliphatic heterocycles. The van der Waals surface area contributed by atoms with E-state index < -0.39 is 0 Å². The van der Waals surface area contributed by atoms with Gasteiger partial charge in [0.05, 0.1) is 5.69 Å². The van der Waals surface area contributed by atoms with E-state index in [0.717, 1.165) is 24.9 Å². The predicted molar refractivity (Wildman–Crippen MR) is 74.6 cm³/mol. The van der Waals surface area contributed by atoms with Gasteiger partial charge in [0.25, 0.3) is 0 Å². The standard InChI is InChI=1S/C15H21FN2O/c1-11-5-4-7-13(16)15(11)18-14(19)9-8-12-6-2-3-10-17-12/h4-5,7,12,17H,2-3,6,8-10H2,1H3,(H,18,19). The number of hydrogen-bond acceptors (Lipinski definition) is 2. The van der Waals surface area contributed by atoms with Gasteiger partial charge in [0.1, 0.15) is 5.82 Å². The molecule has 1 atom stereocenters. The molecular formula is C15H21FN2O. The lowest BCUT2D eigenvalue weighted by Gasteiger charge is -2.23. The molecule has 0 spiro atoms. The fourth-order valence-electron chi connectivity index (χ4n) is 2.47. The van der Waals surface area contributed by atoms with Crippen LogP contribution in [0.4, 0.5) is 10.1 Å². The number of aryl methyl sites for hydroxylation is 1. The third-order valence-electron chi connectivity index (χ3n) is 3.62. The molecule has 2 rings (SSSR count). The van der Waals surface area contributed by atoms with E-state index in [-0.39, 0.29) is 11.7 Å². The first-order valence-electron chi connectivity index (χ1n) is 6.95. The fourth-order valence-corrected chi connectivity index (χ4v) is 2.47. The highest BCUT2D eigenvalue weighted by Crippen LogP contribution is 2.19. The number of nitrogens with one attached hydrogen (secondary N) is 2. The molecule has 1 amide bonds. The molecule has 0 aliphatic carbocycles. The molecule has 1 aliphatic rings. The summed E-state index contributed by atoms with van der Waals surface area (Å²) < 4.78 is 13.6. The number of carbonyl (C=O) groups excluding carboxylic acids is 1. The zero-order valence-electron chi connectivity index (χ0n) is 11.3. The van der Waals surface area contributed by atoms with Gasteiger partial charge in [-0.15, -0.1) is 0 Å². The maximum Gasteiger partial charge on any atom is 0.224 e. The molecule has 0 aromatic heterocycles. The van der Waals surface area contributed by atoms with Gasteiger partial charge in [0, 0.05) is 12.5 Å². The summed E-state index contributed by atoms with van der Waals surface area (Å²) in [5, 5.41) is 6.08. The minimum atomic E-state index is -0.371. The highest BCUT2D eigenvalue weighted by Gasteiger charge is 2.15. The van der Waals surface area contributed by atoms with E-state index in [4.69, 9.17) is 0 Å². The normalized spacial score (nSPS) is 19.2. The largest absolute Gasteiger partial charge is 0.323 e. The van der Waals surface area contributed by atoms with Crippen molar-refractivity contribution in [3.05, 3.63) is 29.6 Å². The first kappa shape index (κ1) is 14.0. The van der Waals surface area contributed by atoms with Gasteiger partial charge >= 0.3 is 0 Å². The van der Waals surface area contributed by atoms with Crippen LogP contribution >= 0.6 is 0 Å². The quantitative estimate of drug-likeness (QED) is 0.877. The maximum absolute atomic E-state index is 13.6. The molecule has 19 heavy (non-hydrogen) atoms. The van der Waals surface area contributed by atoms with Crippen molar-refractivity contribution in [3.63, 3.8) is 0 Å². The van der Waals surface area contributed by atoms with Crippen molar-refractivity contribution in [2.45, 2.75) is 45.1 Å². The van der Waals surface area contributed by atoms with Gasteiger partial charge < -0.3 is 10.6 Å². The van der Waals surface area contributed by atoms with E-state index in [2.05, 4.69) is 10.6 Å². The monoisotopic (exact) mass is 264 g/mol. The summed E-state index contributed by atoms with van der Waals surface area (Å²) in [5.74, 6) is -0.482. The van der Waals surface area contributed by atoms with Crippen molar-refractivity contribution in [1.82, 2.24) is 5.32 Å². The molecule has 1 aromatic rings. The van der Waals surface area contributed by atoms with Crippen molar-refractivity contribution >= 4 is 11.6 Å². The molecular weight excluding hydrogens is 243 g/mol. The van der Waals surface area contributed by atoms with Gasteiger partial charge in [0.15, 0.2) is 0 Å². The summed E-state index contributed by atoms with van der Waals surface area (Å²) >= 11 is 0. The maximum atomic E-state index is 13.6. The van der Waals surface area contributed by atoms with Crippen LogP contribution in [0.2, 0.25) is 0 Å². The topological polar surface area (TPSA) is 41.1 Å². The van der Waals surface area contributed by atoms with Crippen LogP contribution in [0.5, 0.6) is 0 Å². The van der Waals surface area contributed by atoms with Crippen molar-refractivity contribution in [2.24, 2.45) is 0 Å². The molecule has 2 N–H and O–H groups in total. The number of carbonyl (C=O) groups is 1. The van der Waals surface area contributed by atoms with Crippen molar-refractivity contribution in [2.75, 3.05) is 11.9 Å². The first-order chi connectivity index (χ1) is 9.16. The number of anilines is 1. The average Bonchev–Trinajstić information content (AvgIpc) is 2.42. The second kappa shape index (κ2) is 6.66. The summed E-state index contributed by atoms with van der Waals surface area (Å²) in [6.45, 7) is 2.83. The lowest BCUT2D eigenvalue weighted by atomic mass is 10.0. The Bertz CT molecular complexity index is 422. The molecule has 1 fully saturated rings. The van der Waals surface area contributed by atoms with Crippen molar-refractivity contribution in [1.29, 1.82) is 0 Å². The van der Waals surface area contributed by atoms with Gasteiger partial charge in [-0.1, -0.05) is 18.6 Å². The minimum Gasteiger partial charge on any atom is -0.323 e. The molecule has 4 heteroatoms. The number of halogens is 1. The van der Waals surface area contributed by atoms with Crippen molar-refractivity contribution < 1.29 is 9.18 Å². The second-order valence-corrected chi connectivity index (χ2v) is 5.17. The minimum absolute atomic E-state index is 0.111. The third kappa shape index (κ3) is 4.03. The number of rotatable bonds is 4. The summed E-state index contributed by atoms with van der Waals surface area (Å²) in [4.78, 5) is 11.9. The summed E-state index contributed by atoms with van der Waals surface area (Å²) in [5.41, 5.74) is 1.06. The number of benzene rings is 1. The van der Waals surface area contributed by atoms with Crippen LogP contribution in [0.1, 0.15) is 37.7 Å². The van der Waals surface area contributed by atoms with E-state index >= 15 is 0 Å². The van der Waals surface area contributed by atoms with E-state index in [9.17, 15) is 9.18 Å². The molecule has 0 bridgehead atoms. The smallest absolute Gasteiger partial charge is 0.224 e. The zero-order valence-corrected chi connectivity index (χ0v) is 11.3. The predicted octanol–water partition coefficient (Wildman–Crippen LogP) is 2.99. The number of piperidine rings is 1. The fraction of sp³-hybridized carbons (Fsp3) is 0.533. The Hall–Kier alpha value is -1.42. The third-order valence-corrected chi connectivity index (χ3v) is 3.62. The Morgan fingerprint density at radius 1 is 1.47 bits per heavy atom. The average molecular weight is 264 g/mol. The second-order valence-electron chi connectivity index (χ2n) is 5.17. The molecule has 1 saturated heterocycles. The molecule has 104 valence electrons. The Morgan fingerprint density at radius 3 is 3.00 bits per heavy atom. The Kier molecular flexibility index (Phi) is 4.91. The van der Waals surface area contributed by atoms with Crippen LogP contribution in [0.15, 0.2) is 18.2 Å². The lowest BCUT2D eigenvalue weighted by molar-refractivity contribution is -0.116. The number of para-hydroxylation sites is 1. The Labute approximate surface area is 113 Å². The van der Waals surface area contributed by atoms with Crippen LogP contribution in [-0.2, 0) is 4.79 Å². The van der Waals surface area contributed by atoms with E-state index in [1.807, 2.05) is 0 Å². The van der Waals surface area contributed by atoms with Crippen LogP contribution in [0.3, 0.4) is 0 Å². The molecule has 1 heterocycles. The lowest BCUT2D eigenvalue weighted by Crippen LogP contribution is -2.34. The molecule has 0 radical (unpaired) electrons. The molecule has 0 saturated carbocycles. The van der Waals surface area contributed by atoms with Gasteiger partial charge in [-0.3, -0.25) is 4.79 Å². The zero-order chi connectivity index (χ0) is 13.7. The summed E-state index contributed by atoms with van der Waals surface area (Å²) in [6.07, 6.45) is 4.83. The van der Waals surface area contributed by atoms with Gasteiger partial charge in [-0.2, -0.15) is 0 Å².